The van der Waals surface area contributed by atoms with Gasteiger partial charge >= 0.3 is 5.97 Å². The van der Waals surface area contributed by atoms with Crippen LogP contribution in [0.1, 0.15) is 27.1 Å². The Morgan fingerprint density at radius 2 is 1.87 bits per heavy atom. The molecule has 0 unspecified atom stereocenters. The average molecular weight is 336 g/mol. The van der Waals surface area contributed by atoms with Gasteiger partial charge in [0.05, 0.1) is 5.56 Å². The van der Waals surface area contributed by atoms with Crippen LogP contribution in [0.4, 0.5) is 0 Å². The Bertz CT molecular complexity index is 402. The molecule has 0 fully saturated rings. The number of rotatable bonds is 4. The van der Waals surface area contributed by atoms with Gasteiger partial charge in [-0.3, -0.25) is 4.79 Å². The molecule has 0 aliphatic carbocycles. The Morgan fingerprint density at radius 1 is 1.27 bits per heavy atom. The molecule has 0 heterocycles. The number of aromatic carboxylic acids is 1. The molecule has 1 N–H and O–H groups in total. The number of carbonyl (C=O) groups excluding carboxylic acids is 1. The number of carbonyl (C=O) groups is 2. The van der Waals surface area contributed by atoms with Gasteiger partial charge in [0.1, 0.15) is 0 Å². The molecule has 1 rings (SSSR count). The molecule has 0 radical (unpaired) electrons. The number of alkyl halides is 1. The summed E-state index contributed by atoms with van der Waals surface area (Å²) in [4.78, 5) is 22.4. The summed E-state index contributed by atoms with van der Waals surface area (Å²) in [7, 11) is 0. The van der Waals surface area contributed by atoms with Gasteiger partial charge in [0, 0.05) is 21.8 Å². The van der Waals surface area contributed by atoms with E-state index in [1.165, 1.54) is 6.07 Å². The third kappa shape index (κ3) is 2.89. The van der Waals surface area contributed by atoms with E-state index in [0.29, 0.717) is 21.8 Å². The molecule has 0 spiro atoms. The van der Waals surface area contributed by atoms with Crippen molar-refractivity contribution in [2.75, 3.05) is 5.33 Å². The van der Waals surface area contributed by atoms with E-state index in [-0.39, 0.29) is 11.3 Å². The number of carboxylic acid groups (broad SMARTS) is 1. The molecule has 0 aromatic heterocycles. The Labute approximate surface area is 104 Å². The molecule has 3 nitrogen and oxygen atoms in total. The fourth-order valence-corrected chi connectivity index (χ4v) is 2.15. The molecule has 1 aromatic rings. The van der Waals surface area contributed by atoms with Crippen molar-refractivity contribution in [2.45, 2.75) is 6.42 Å². The number of Topliss-reactive ketones (excluding diaryl/α,β-unsaturated/α-hetero) is 1. The van der Waals surface area contributed by atoms with Crippen molar-refractivity contribution in [1.29, 1.82) is 0 Å². The second-order valence-corrected chi connectivity index (χ2v) is 4.42. The van der Waals surface area contributed by atoms with Crippen molar-refractivity contribution in [3.05, 3.63) is 33.8 Å². The predicted octanol–water partition coefficient (Wildman–Crippen LogP) is 3.12. The summed E-state index contributed by atoms with van der Waals surface area (Å²) in [6, 6.07) is 4.63. The zero-order chi connectivity index (χ0) is 11.4. The molecule has 80 valence electrons. The molecule has 0 aliphatic rings. The molecular formula is C10H8Br2O3. The second-order valence-electron chi connectivity index (χ2n) is 2.83. The lowest BCUT2D eigenvalue weighted by molar-refractivity contribution is 0.0696. The van der Waals surface area contributed by atoms with Crippen LogP contribution in [-0.2, 0) is 0 Å². The summed E-state index contributed by atoms with van der Waals surface area (Å²) in [6.07, 6.45) is 0.349. The summed E-state index contributed by atoms with van der Waals surface area (Å²) in [6.45, 7) is 0. The number of benzene rings is 1. The van der Waals surface area contributed by atoms with Crippen molar-refractivity contribution in [1.82, 2.24) is 0 Å². The van der Waals surface area contributed by atoms with E-state index in [0.717, 1.165) is 0 Å². The summed E-state index contributed by atoms with van der Waals surface area (Å²) < 4.78 is 0.350. The lowest BCUT2D eigenvalue weighted by Gasteiger charge is -2.05. The molecule has 15 heavy (non-hydrogen) atoms. The maximum atomic E-state index is 11.6. The number of halogens is 2. The number of carboxylic acids is 1. The fourth-order valence-electron chi connectivity index (χ4n) is 1.13. The first kappa shape index (κ1) is 12.4. The maximum absolute atomic E-state index is 11.6. The smallest absolute Gasteiger partial charge is 0.336 e. The first-order valence-corrected chi connectivity index (χ1v) is 6.10. The monoisotopic (exact) mass is 334 g/mol. The van der Waals surface area contributed by atoms with Gasteiger partial charge in [0.25, 0.3) is 0 Å². The lowest BCUT2D eigenvalue weighted by atomic mass is 10.1. The Balaban J connectivity index is 3.15. The summed E-state index contributed by atoms with van der Waals surface area (Å²) in [5, 5.41) is 9.42. The van der Waals surface area contributed by atoms with Crippen LogP contribution in [0, 0.1) is 0 Å². The summed E-state index contributed by atoms with van der Waals surface area (Å²) >= 11 is 6.30. The summed E-state index contributed by atoms with van der Waals surface area (Å²) in [5.41, 5.74) is 0.518. The normalized spacial score (nSPS) is 10.0. The number of ketones is 1. The van der Waals surface area contributed by atoms with Crippen LogP contribution in [0.25, 0.3) is 0 Å². The highest BCUT2D eigenvalue weighted by molar-refractivity contribution is 9.10. The largest absolute Gasteiger partial charge is 0.478 e. The van der Waals surface area contributed by atoms with E-state index < -0.39 is 5.97 Å². The maximum Gasteiger partial charge on any atom is 0.336 e. The fraction of sp³-hybridized carbons (Fsp3) is 0.200. The van der Waals surface area contributed by atoms with E-state index >= 15 is 0 Å². The van der Waals surface area contributed by atoms with Gasteiger partial charge in [-0.1, -0.05) is 28.1 Å². The molecule has 5 heteroatoms. The SMILES string of the molecule is O=C(O)c1cccc(C(=O)CCBr)c1Br. The van der Waals surface area contributed by atoms with Crippen molar-refractivity contribution in [2.24, 2.45) is 0 Å². The minimum atomic E-state index is -1.05. The van der Waals surface area contributed by atoms with Gasteiger partial charge in [0.15, 0.2) is 5.78 Å². The zero-order valence-corrected chi connectivity index (χ0v) is 10.8. The van der Waals surface area contributed by atoms with Crippen LogP contribution in [0.3, 0.4) is 0 Å². The highest BCUT2D eigenvalue weighted by Crippen LogP contribution is 2.23. The van der Waals surface area contributed by atoms with Gasteiger partial charge in [-0.25, -0.2) is 4.79 Å². The molecule has 0 amide bonds. The minimum absolute atomic E-state index is 0.0816. The molecule has 0 bridgehead atoms. The number of hydrogen-bond donors (Lipinski definition) is 1. The van der Waals surface area contributed by atoms with Gasteiger partial charge in [0.2, 0.25) is 0 Å². The van der Waals surface area contributed by atoms with E-state index in [9.17, 15) is 9.59 Å². The highest BCUT2D eigenvalue weighted by Gasteiger charge is 2.15. The minimum Gasteiger partial charge on any atom is -0.478 e. The molecule has 0 saturated heterocycles. The molecule has 0 atom stereocenters. The molecular weight excluding hydrogens is 328 g/mol. The Morgan fingerprint density at radius 3 is 2.40 bits per heavy atom. The first-order chi connectivity index (χ1) is 7.07. The molecule has 1 aromatic carbocycles. The van der Waals surface area contributed by atoms with Gasteiger partial charge < -0.3 is 5.11 Å². The van der Waals surface area contributed by atoms with Crippen LogP contribution < -0.4 is 0 Å². The Hall–Kier alpha value is -0.680. The topological polar surface area (TPSA) is 54.4 Å². The highest BCUT2D eigenvalue weighted by atomic mass is 79.9. The van der Waals surface area contributed by atoms with E-state index in [2.05, 4.69) is 31.9 Å². The number of hydrogen-bond acceptors (Lipinski definition) is 2. The summed E-state index contributed by atoms with van der Waals surface area (Å²) in [5.74, 6) is -1.13. The second kappa shape index (κ2) is 5.42. The standard InChI is InChI=1S/C10H8Br2O3/c11-5-4-8(13)6-2-1-3-7(9(6)12)10(14)15/h1-3H,4-5H2,(H,14,15). The third-order valence-corrected chi connectivity index (χ3v) is 3.10. The third-order valence-electron chi connectivity index (χ3n) is 1.85. The zero-order valence-electron chi connectivity index (χ0n) is 7.67. The average Bonchev–Trinajstić information content (AvgIpc) is 2.17. The van der Waals surface area contributed by atoms with Crippen LogP contribution in [0.5, 0.6) is 0 Å². The molecule has 0 saturated carbocycles. The predicted molar refractivity (Wildman–Crippen MR) is 63.8 cm³/mol. The van der Waals surface area contributed by atoms with Crippen LogP contribution in [0.2, 0.25) is 0 Å². The van der Waals surface area contributed by atoms with Gasteiger partial charge in [-0.15, -0.1) is 0 Å². The van der Waals surface area contributed by atoms with Crippen LogP contribution in [0.15, 0.2) is 22.7 Å². The van der Waals surface area contributed by atoms with E-state index in [1.807, 2.05) is 0 Å². The first-order valence-electron chi connectivity index (χ1n) is 4.19. The molecule has 0 aliphatic heterocycles. The lowest BCUT2D eigenvalue weighted by Crippen LogP contribution is -2.05. The van der Waals surface area contributed by atoms with Crippen molar-refractivity contribution >= 4 is 43.6 Å². The van der Waals surface area contributed by atoms with E-state index in [1.54, 1.807) is 12.1 Å². The van der Waals surface area contributed by atoms with Gasteiger partial charge in [-0.2, -0.15) is 0 Å². The van der Waals surface area contributed by atoms with Crippen molar-refractivity contribution in [3.8, 4) is 0 Å². The van der Waals surface area contributed by atoms with Crippen molar-refractivity contribution in [3.63, 3.8) is 0 Å². The van der Waals surface area contributed by atoms with Crippen molar-refractivity contribution < 1.29 is 14.7 Å². The van der Waals surface area contributed by atoms with E-state index in [4.69, 9.17) is 5.11 Å². The van der Waals surface area contributed by atoms with Gasteiger partial charge in [-0.05, 0) is 22.0 Å². The Kier molecular flexibility index (Phi) is 4.47. The van der Waals surface area contributed by atoms with Crippen LogP contribution in [-0.4, -0.2) is 22.2 Å². The quantitative estimate of drug-likeness (QED) is 0.679. The van der Waals surface area contributed by atoms with Crippen LogP contribution >= 0.6 is 31.9 Å².